The zero-order chi connectivity index (χ0) is 14.2. The largest absolute Gasteiger partial charge is 0.356 e. The SMILES string of the molecule is CN=C(NCc1cccs1)NCC(C)Cc1cccs1. The summed E-state index contributed by atoms with van der Waals surface area (Å²) in [4.78, 5) is 7.02. The fourth-order valence-corrected chi connectivity index (χ4v) is 3.43. The van der Waals surface area contributed by atoms with E-state index in [-0.39, 0.29) is 0 Å². The smallest absolute Gasteiger partial charge is 0.191 e. The minimum absolute atomic E-state index is 0.592. The fraction of sp³-hybridized carbons (Fsp3) is 0.400. The van der Waals surface area contributed by atoms with Crippen LogP contribution >= 0.6 is 22.7 Å². The van der Waals surface area contributed by atoms with Gasteiger partial charge in [0.1, 0.15) is 0 Å². The van der Waals surface area contributed by atoms with E-state index in [0.29, 0.717) is 5.92 Å². The highest BCUT2D eigenvalue weighted by Gasteiger charge is 2.06. The molecule has 3 nitrogen and oxygen atoms in total. The molecule has 0 saturated carbocycles. The van der Waals surface area contributed by atoms with Gasteiger partial charge in [-0.2, -0.15) is 0 Å². The van der Waals surface area contributed by atoms with E-state index in [2.05, 4.69) is 57.6 Å². The maximum atomic E-state index is 4.26. The van der Waals surface area contributed by atoms with Gasteiger partial charge in [-0.05, 0) is 35.2 Å². The van der Waals surface area contributed by atoms with Crippen LogP contribution in [0.1, 0.15) is 16.7 Å². The highest BCUT2D eigenvalue weighted by Crippen LogP contribution is 2.13. The summed E-state index contributed by atoms with van der Waals surface area (Å²) in [5.41, 5.74) is 0. The van der Waals surface area contributed by atoms with Gasteiger partial charge in [0.05, 0.1) is 6.54 Å². The van der Waals surface area contributed by atoms with Crippen LogP contribution in [0, 0.1) is 5.92 Å². The second-order valence-electron chi connectivity index (χ2n) is 4.77. The Balaban J connectivity index is 1.70. The summed E-state index contributed by atoms with van der Waals surface area (Å²) >= 11 is 3.59. The first-order chi connectivity index (χ1) is 9.78. The molecular formula is C15H21N3S2. The summed E-state index contributed by atoms with van der Waals surface area (Å²) in [5, 5.41) is 11.0. The van der Waals surface area contributed by atoms with Crippen LogP contribution in [0.5, 0.6) is 0 Å². The third kappa shape index (κ3) is 4.98. The van der Waals surface area contributed by atoms with Crippen molar-refractivity contribution in [1.29, 1.82) is 0 Å². The number of guanidine groups is 1. The van der Waals surface area contributed by atoms with Crippen molar-refractivity contribution in [2.75, 3.05) is 13.6 Å². The van der Waals surface area contributed by atoms with Crippen LogP contribution in [0.3, 0.4) is 0 Å². The molecule has 0 aliphatic heterocycles. The molecule has 108 valence electrons. The van der Waals surface area contributed by atoms with Crippen molar-refractivity contribution in [3.8, 4) is 0 Å². The molecule has 5 heteroatoms. The van der Waals surface area contributed by atoms with E-state index in [4.69, 9.17) is 0 Å². The molecular weight excluding hydrogens is 286 g/mol. The molecule has 0 saturated heterocycles. The van der Waals surface area contributed by atoms with Gasteiger partial charge in [-0.15, -0.1) is 22.7 Å². The number of hydrogen-bond acceptors (Lipinski definition) is 3. The second kappa shape index (κ2) is 8.07. The van der Waals surface area contributed by atoms with Crippen molar-refractivity contribution in [1.82, 2.24) is 10.6 Å². The van der Waals surface area contributed by atoms with Crippen LogP contribution in [0.2, 0.25) is 0 Å². The third-order valence-electron chi connectivity index (χ3n) is 2.98. The Hall–Kier alpha value is -1.33. The van der Waals surface area contributed by atoms with Gasteiger partial charge in [0, 0.05) is 23.3 Å². The minimum Gasteiger partial charge on any atom is -0.356 e. The van der Waals surface area contributed by atoms with E-state index < -0.39 is 0 Å². The molecule has 2 N–H and O–H groups in total. The maximum Gasteiger partial charge on any atom is 0.191 e. The topological polar surface area (TPSA) is 36.4 Å². The summed E-state index contributed by atoms with van der Waals surface area (Å²) in [6.45, 7) is 4.03. The molecule has 0 fully saturated rings. The molecule has 2 heterocycles. The van der Waals surface area contributed by atoms with Crippen molar-refractivity contribution in [2.24, 2.45) is 10.9 Å². The van der Waals surface area contributed by atoms with Gasteiger partial charge in [0.25, 0.3) is 0 Å². The van der Waals surface area contributed by atoms with Crippen molar-refractivity contribution in [2.45, 2.75) is 19.9 Å². The van der Waals surface area contributed by atoms with Gasteiger partial charge in [-0.1, -0.05) is 19.1 Å². The summed E-state index contributed by atoms with van der Waals surface area (Å²) in [7, 11) is 1.81. The molecule has 0 bridgehead atoms. The Labute approximate surface area is 128 Å². The normalized spacial score (nSPS) is 13.2. The second-order valence-corrected chi connectivity index (χ2v) is 6.84. The van der Waals surface area contributed by atoms with Crippen molar-refractivity contribution in [3.05, 3.63) is 44.8 Å². The van der Waals surface area contributed by atoms with Gasteiger partial charge in [-0.3, -0.25) is 4.99 Å². The highest BCUT2D eigenvalue weighted by atomic mass is 32.1. The number of hydrogen-bond donors (Lipinski definition) is 2. The molecule has 0 spiro atoms. The number of thiophene rings is 2. The van der Waals surface area contributed by atoms with E-state index >= 15 is 0 Å². The molecule has 2 aromatic rings. The van der Waals surface area contributed by atoms with Crippen molar-refractivity contribution >= 4 is 28.6 Å². The minimum atomic E-state index is 0.592. The van der Waals surface area contributed by atoms with Gasteiger partial charge < -0.3 is 10.6 Å². The average Bonchev–Trinajstić information content (AvgIpc) is 3.12. The Kier molecular flexibility index (Phi) is 6.08. The zero-order valence-electron chi connectivity index (χ0n) is 11.9. The highest BCUT2D eigenvalue weighted by molar-refractivity contribution is 7.10. The Morgan fingerprint density at radius 3 is 2.45 bits per heavy atom. The predicted molar refractivity (Wildman–Crippen MR) is 89.7 cm³/mol. The first-order valence-electron chi connectivity index (χ1n) is 6.77. The molecule has 0 aliphatic carbocycles. The fourth-order valence-electron chi connectivity index (χ4n) is 1.92. The number of nitrogens with one attached hydrogen (secondary N) is 2. The molecule has 20 heavy (non-hydrogen) atoms. The molecule has 0 amide bonds. The monoisotopic (exact) mass is 307 g/mol. The zero-order valence-corrected chi connectivity index (χ0v) is 13.6. The Morgan fingerprint density at radius 2 is 1.85 bits per heavy atom. The molecule has 0 aromatic carbocycles. The number of aliphatic imine (C=N–C) groups is 1. The van der Waals surface area contributed by atoms with Crippen molar-refractivity contribution in [3.63, 3.8) is 0 Å². The Morgan fingerprint density at radius 1 is 1.15 bits per heavy atom. The summed E-state index contributed by atoms with van der Waals surface area (Å²) in [6.07, 6.45) is 1.12. The first-order valence-corrected chi connectivity index (χ1v) is 8.53. The average molecular weight is 307 g/mol. The van der Waals surface area contributed by atoms with Gasteiger partial charge in [-0.25, -0.2) is 0 Å². The van der Waals surface area contributed by atoms with E-state index in [9.17, 15) is 0 Å². The number of rotatable bonds is 6. The molecule has 2 rings (SSSR count). The summed E-state index contributed by atoms with van der Waals surface area (Å²) in [5.74, 6) is 1.46. The van der Waals surface area contributed by atoms with Crippen LogP contribution in [-0.2, 0) is 13.0 Å². The van der Waals surface area contributed by atoms with Gasteiger partial charge in [0.2, 0.25) is 0 Å². The van der Waals surface area contributed by atoms with E-state index in [1.165, 1.54) is 9.75 Å². The first kappa shape index (κ1) is 15.1. The Bertz CT molecular complexity index is 503. The lowest BCUT2D eigenvalue weighted by Gasteiger charge is -2.15. The van der Waals surface area contributed by atoms with Crippen LogP contribution in [0.15, 0.2) is 40.0 Å². The summed E-state index contributed by atoms with van der Waals surface area (Å²) in [6, 6.07) is 8.51. The summed E-state index contributed by atoms with van der Waals surface area (Å²) < 4.78 is 0. The molecule has 2 aromatic heterocycles. The lowest BCUT2D eigenvalue weighted by atomic mass is 10.1. The van der Waals surface area contributed by atoms with Crippen LogP contribution < -0.4 is 10.6 Å². The maximum absolute atomic E-state index is 4.26. The van der Waals surface area contributed by atoms with Crippen molar-refractivity contribution < 1.29 is 0 Å². The molecule has 1 atom stereocenters. The van der Waals surface area contributed by atoms with Gasteiger partial charge >= 0.3 is 0 Å². The quantitative estimate of drug-likeness (QED) is 0.634. The predicted octanol–water partition coefficient (Wildman–Crippen LogP) is 3.35. The number of nitrogens with zero attached hydrogens (tertiary/aromatic N) is 1. The van der Waals surface area contributed by atoms with Crippen LogP contribution in [0.4, 0.5) is 0 Å². The van der Waals surface area contributed by atoms with Gasteiger partial charge in [0.15, 0.2) is 5.96 Å². The van der Waals surface area contributed by atoms with E-state index in [0.717, 1.165) is 25.5 Å². The standard InChI is InChI=1S/C15H21N3S2/c1-12(9-13-5-3-7-19-13)10-17-15(16-2)18-11-14-6-4-8-20-14/h3-8,12H,9-11H2,1-2H3,(H2,16,17,18). The van der Waals surface area contributed by atoms with Crippen LogP contribution in [0.25, 0.3) is 0 Å². The van der Waals surface area contributed by atoms with Crippen LogP contribution in [-0.4, -0.2) is 19.6 Å². The van der Waals surface area contributed by atoms with E-state index in [1.54, 1.807) is 11.3 Å². The third-order valence-corrected chi connectivity index (χ3v) is 4.76. The molecule has 1 unspecified atom stereocenters. The lowest BCUT2D eigenvalue weighted by Crippen LogP contribution is -2.39. The van der Waals surface area contributed by atoms with E-state index in [1.807, 2.05) is 18.4 Å². The lowest BCUT2D eigenvalue weighted by molar-refractivity contribution is 0.562. The molecule has 0 radical (unpaired) electrons. The molecule has 0 aliphatic rings.